The lowest BCUT2D eigenvalue weighted by Crippen LogP contribution is -2.30. The number of amides is 1. The third-order valence-corrected chi connectivity index (χ3v) is 3.14. The van der Waals surface area contributed by atoms with Crippen molar-refractivity contribution in [3.05, 3.63) is 44.3 Å². The first-order valence-corrected chi connectivity index (χ1v) is 6.70. The van der Waals surface area contributed by atoms with Gasteiger partial charge in [0.25, 0.3) is 11.5 Å². The van der Waals surface area contributed by atoms with Gasteiger partial charge in [0, 0.05) is 16.7 Å². The third kappa shape index (κ3) is 3.84. The number of halogens is 1. The number of H-pyrrole nitrogens is 1. The highest BCUT2D eigenvalue weighted by atomic mass is 79.9. The summed E-state index contributed by atoms with van der Waals surface area (Å²) in [5.41, 5.74) is 0.610. The Bertz CT molecular complexity index is 506. The second-order valence-electron chi connectivity index (χ2n) is 3.87. The number of rotatable bonds is 5. The Morgan fingerprint density at radius 1 is 1.56 bits per heavy atom. The first kappa shape index (κ1) is 14.7. The minimum atomic E-state index is -0.363. The summed E-state index contributed by atoms with van der Waals surface area (Å²) in [5, 5.41) is 2.65. The summed E-state index contributed by atoms with van der Waals surface area (Å²) in [7, 11) is 0. The Labute approximate surface area is 115 Å². The van der Waals surface area contributed by atoms with Crippen molar-refractivity contribution in [1.29, 1.82) is 0 Å². The van der Waals surface area contributed by atoms with E-state index in [9.17, 15) is 9.59 Å². The predicted octanol–water partition coefficient (Wildman–Crippen LogP) is 2.40. The van der Waals surface area contributed by atoms with Crippen LogP contribution in [0.3, 0.4) is 0 Å². The van der Waals surface area contributed by atoms with Crippen molar-refractivity contribution < 1.29 is 4.79 Å². The van der Waals surface area contributed by atoms with E-state index >= 15 is 0 Å². The van der Waals surface area contributed by atoms with Crippen LogP contribution in [0, 0.1) is 0 Å². The molecule has 1 amide bonds. The Kier molecular flexibility index (Phi) is 5.85. The Morgan fingerprint density at radius 3 is 2.89 bits per heavy atom. The molecule has 0 saturated heterocycles. The van der Waals surface area contributed by atoms with Gasteiger partial charge in [0.05, 0.1) is 0 Å². The number of hydrogen-bond acceptors (Lipinski definition) is 2. The van der Waals surface area contributed by atoms with E-state index in [0.29, 0.717) is 6.54 Å². The van der Waals surface area contributed by atoms with Crippen LogP contribution in [0.2, 0.25) is 0 Å². The Hall–Kier alpha value is -1.36. The molecule has 0 radical (unpaired) electrons. The number of pyridine rings is 1. The van der Waals surface area contributed by atoms with Gasteiger partial charge in [-0.2, -0.15) is 0 Å². The van der Waals surface area contributed by atoms with E-state index in [-0.39, 0.29) is 17.0 Å². The molecule has 0 bridgehead atoms. The zero-order valence-electron chi connectivity index (χ0n) is 10.5. The first-order valence-electron chi connectivity index (χ1n) is 5.91. The summed E-state index contributed by atoms with van der Waals surface area (Å²) in [6.07, 6.45) is 5.36. The van der Waals surface area contributed by atoms with E-state index in [2.05, 4.69) is 26.2 Å². The molecule has 0 saturated carbocycles. The summed E-state index contributed by atoms with van der Waals surface area (Å²) in [6.45, 7) is 4.32. The zero-order chi connectivity index (χ0) is 13.5. The van der Waals surface area contributed by atoms with Gasteiger partial charge in [-0.25, -0.2) is 0 Å². The van der Waals surface area contributed by atoms with E-state index in [1.54, 1.807) is 6.07 Å². The lowest BCUT2D eigenvalue weighted by molar-refractivity contribution is 0.0956. The van der Waals surface area contributed by atoms with Gasteiger partial charge in [-0.3, -0.25) is 9.59 Å². The molecule has 0 fully saturated rings. The van der Waals surface area contributed by atoms with Crippen molar-refractivity contribution in [2.24, 2.45) is 0 Å². The quantitative estimate of drug-likeness (QED) is 0.820. The van der Waals surface area contributed by atoms with Gasteiger partial charge >= 0.3 is 0 Å². The molecule has 0 aliphatic heterocycles. The monoisotopic (exact) mass is 312 g/mol. The van der Waals surface area contributed by atoms with E-state index < -0.39 is 0 Å². The highest BCUT2D eigenvalue weighted by Gasteiger charge is 2.12. The van der Waals surface area contributed by atoms with Crippen LogP contribution in [0.1, 0.15) is 36.3 Å². The molecule has 1 heterocycles. The summed E-state index contributed by atoms with van der Waals surface area (Å²) in [4.78, 5) is 26.3. The molecule has 98 valence electrons. The maximum Gasteiger partial charge on any atom is 0.261 e. The predicted molar refractivity (Wildman–Crippen MR) is 75.9 cm³/mol. The molecule has 0 aliphatic rings. The van der Waals surface area contributed by atoms with Gasteiger partial charge < -0.3 is 10.3 Å². The van der Waals surface area contributed by atoms with Gasteiger partial charge in [-0.1, -0.05) is 25.5 Å². The lowest BCUT2D eigenvalue weighted by atomic mass is 10.2. The van der Waals surface area contributed by atoms with Crippen LogP contribution in [0.4, 0.5) is 0 Å². The van der Waals surface area contributed by atoms with Crippen molar-refractivity contribution >= 4 is 21.8 Å². The van der Waals surface area contributed by atoms with Crippen LogP contribution >= 0.6 is 15.9 Å². The van der Waals surface area contributed by atoms with Gasteiger partial charge in [0.15, 0.2) is 0 Å². The van der Waals surface area contributed by atoms with Gasteiger partial charge in [0.2, 0.25) is 0 Å². The highest BCUT2D eigenvalue weighted by molar-refractivity contribution is 9.10. The van der Waals surface area contributed by atoms with Crippen molar-refractivity contribution in [2.45, 2.75) is 26.7 Å². The fourth-order valence-corrected chi connectivity index (χ4v) is 2.04. The number of hydrogen-bond donors (Lipinski definition) is 2. The minimum absolute atomic E-state index is 0.131. The number of carbonyl (C=O) groups excluding carboxylic acids is 1. The van der Waals surface area contributed by atoms with Crippen molar-refractivity contribution in [3.8, 4) is 0 Å². The van der Waals surface area contributed by atoms with Gasteiger partial charge in [-0.15, -0.1) is 0 Å². The topological polar surface area (TPSA) is 62.0 Å². The van der Waals surface area contributed by atoms with E-state index in [1.165, 1.54) is 0 Å². The molecule has 1 aromatic rings. The molecule has 0 unspecified atom stereocenters. The van der Waals surface area contributed by atoms with Crippen LogP contribution in [0.5, 0.6) is 0 Å². The third-order valence-electron chi connectivity index (χ3n) is 2.43. The molecule has 0 atom stereocenters. The van der Waals surface area contributed by atoms with Crippen molar-refractivity contribution in [1.82, 2.24) is 10.3 Å². The largest absolute Gasteiger partial charge is 0.348 e. The smallest absolute Gasteiger partial charge is 0.261 e. The molecule has 1 rings (SSSR count). The summed E-state index contributed by atoms with van der Waals surface area (Å²) >= 11 is 3.37. The average molecular weight is 313 g/mol. The second kappa shape index (κ2) is 7.16. The maximum absolute atomic E-state index is 11.8. The van der Waals surface area contributed by atoms with Crippen molar-refractivity contribution in [3.63, 3.8) is 0 Å². The van der Waals surface area contributed by atoms with Gasteiger partial charge in [-0.05, 0) is 35.3 Å². The number of carbonyl (C=O) groups is 1. The second-order valence-corrected chi connectivity index (χ2v) is 4.72. The van der Waals surface area contributed by atoms with E-state index in [0.717, 1.165) is 23.0 Å². The van der Waals surface area contributed by atoms with E-state index in [1.807, 2.05) is 26.0 Å². The van der Waals surface area contributed by atoms with Gasteiger partial charge in [0.1, 0.15) is 5.56 Å². The molecule has 18 heavy (non-hydrogen) atoms. The standard InChI is InChI=1S/C13H17BrN2O2/c1-3-5-7-15-12(17)9-8-10(14)11(6-4-2)16-13(9)18/h3,5,8H,4,6-7H2,1-2H3,(H,15,17)(H,16,18)/b5-3+. The van der Waals surface area contributed by atoms with Crippen LogP contribution in [0.25, 0.3) is 0 Å². The molecule has 2 N–H and O–H groups in total. The number of aryl methyl sites for hydroxylation is 1. The molecular weight excluding hydrogens is 296 g/mol. The SMILES string of the molecule is C/C=C/CNC(=O)c1cc(Br)c(CCC)[nH]c1=O. The maximum atomic E-state index is 11.8. The molecule has 1 aromatic heterocycles. The Balaban J connectivity index is 2.93. The molecule has 0 aromatic carbocycles. The van der Waals surface area contributed by atoms with Crippen LogP contribution in [0.15, 0.2) is 27.5 Å². The molecule has 0 aliphatic carbocycles. The number of allylic oxidation sites excluding steroid dienone is 1. The molecule has 5 heteroatoms. The fourth-order valence-electron chi connectivity index (χ4n) is 1.51. The normalized spacial score (nSPS) is 10.8. The zero-order valence-corrected chi connectivity index (χ0v) is 12.1. The van der Waals surface area contributed by atoms with Crippen molar-refractivity contribution in [2.75, 3.05) is 6.54 Å². The van der Waals surface area contributed by atoms with Crippen LogP contribution in [-0.4, -0.2) is 17.4 Å². The summed E-state index contributed by atoms with van der Waals surface area (Å²) < 4.78 is 0.764. The average Bonchev–Trinajstić information content (AvgIpc) is 2.34. The number of aromatic nitrogens is 1. The van der Waals surface area contributed by atoms with Crippen LogP contribution < -0.4 is 10.9 Å². The highest BCUT2D eigenvalue weighted by Crippen LogP contribution is 2.15. The molecular formula is C13H17BrN2O2. The summed E-state index contributed by atoms with van der Waals surface area (Å²) in [6, 6.07) is 1.58. The summed E-state index contributed by atoms with van der Waals surface area (Å²) in [5.74, 6) is -0.363. The Morgan fingerprint density at radius 2 is 2.28 bits per heavy atom. The lowest BCUT2D eigenvalue weighted by Gasteiger charge is -2.06. The molecule has 4 nitrogen and oxygen atoms in total. The number of nitrogens with one attached hydrogen (secondary N) is 2. The molecule has 0 spiro atoms. The number of aromatic amines is 1. The minimum Gasteiger partial charge on any atom is -0.348 e. The van der Waals surface area contributed by atoms with Crippen LogP contribution in [-0.2, 0) is 6.42 Å². The van der Waals surface area contributed by atoms with E-state index in [4.69, 9.17) is 0 Å². The fraction of sp³-hybridized carbons (Fsp3) is 0.385. The first-order chi connectivity index (χ1) is 8.60.